The molecule has 0 saturated carbocycles. The van der Waals surface area contributed by atoms with Crippen LogP contribution in [0.4, 0.5) is 0 Å². The number of esters is 1. The van der Waals surface area contributed by atoms with Gasteiger partial charge in [0.25, 0.3) is 0 Å². The zero-order valence-electron chi connectivity index (χ0n) is 15.5. The van der Waals surface area contributed by atoms with Crippen LogP contribution in [0, 0.1) is 5.92 Å². The molecule has 0 spiro atoms. The largest absolute Gasteiger partial charge is 0.478 e. The molecule has 0 aliphatic carbocycles. The minimum absolute atomic E-state index is 0.0870. The summed E-state index contributed by atoms with van der Waals surface area (Å²) >= 11 is 0. The van der Waals surface area contributed by atoms with Gasteiger partial charge in [-0.3, -0.25) is 0 Å². The molecule has 1 fully saturated rings. The van der Waals surface area contributed by atoms with Gasteiger partial charge in [-0.15, -0.1) is 0 Å². The van der Waals surface area contributed by atoms with Crippen molar-refractivity contribution >= 4 is 11.9 Å². The monoisotopic (exact) mass is 340 g/mol. The summed E-state index contributed by atoms with van der Waals surface area (Å²) in [6.45, 7) is 15.0. The Balaban J connectivity index is 0.000000754. The number of hydrogen-bond donors (Lipinski definition) is 1. The maximum absolute atomic E-state index is 11.6. The number of carboxylic acid groups (broad SMARTS) is 1. The molecule has 0 aromatic rings. The lowest BCUT2D eigenvalue weighted by atomic mass is 9.92. The van der Waals surface area contributed by atoms with Gasteiger partial charge in [0.2, 0.25) is 0 Å². The van der Waals surface area contributed by atoms with Gasteiger partial charge in [-0.2, -0.15) is 0 Å². The van der Waals surface area contributed by atoms with Gasteiger partial charge in [0.1, 0.15) is 12.2 Å². The van der Waals surface area contributed by atoms with Gasteiger partial charge < -0.3 is 14.6 Å². The van der Waals surface area contributed by atoms with Crippen LogP contribution in [0.15, 0.2) is 24.3 Å². The Kier molecular flexibility index (Phi) is 11.0. The van der Waals surface area contributed by atoms with Crippen molar-refractivity contribution in [1.29, 1.82) is 0 Å². The van der Waals surface area contributed by atoms with Crippen LogP contribution in [0.5, 0.6) is 0 Å². The molecule has 1 rings (SSSR count). The Morgan fingerprint density at radius 3 is 2.12 bits per heavy atom. The normalized spacial score (nSPS) is 17.8. The van der Waals surface area contributed by atoms with E-state index in [1.807, 2.05) is 0 Å². The number of epoxide rings is 1. The molecule has 0 aromatic heterocycles. The van der Waals surface area contributed by atoms with E-state index in [1.54, 1.807) is 6.92 Å². The van der Waals surface area contributed by atoms with Crippen LogP contribution in [-0.2, 0) is 19.1 Å². The summed E-state index contributed by atoms with van der Waals surface area (Å²) in [4.78, 5) is 21.2. The molecule has 1 heterocycles. The highest BCUT2D eigenvalue weighted by molar-refractivity contribution is 5.87. The average Bonchev–Trinajstić information content (AvgIpc) is 3.35. The number of carbonyl (C=O) groups excluding carboxylic acids is 1. The summed E-state index contributed by atoms with van der Waals surface area (Å²) in [7, 11) is 0. The molecule has 0 radical (unpaired) electrons. The minimum atomic E-state index is -0.935. The van der Waals surface area contributed by atoms with Gasteiger partial charge in [-0.25, -0.2) is 9.59 Å². The Morgan fingerprint density at radius 1 is 1.25 bits per heavy atom. The van der Waals surface area contributed by atoms with E-state index in [0.29, 0.717) is 11.5 Å². The van der Waals surface area contributed by atoms with Crippen molar-refractivity contribution in [2.24, 2.45) is 5.92 Å². The van der Waals surface area contributed by atoms with E-state index in [2.05, 4.69) is 27.0 Å². The third-order valence-corrected chi connectivity index (χ3v) is 3.85. The van der Waals surface area contributed by atoms with E-state index in [1.165, 1.54) is 26.2 Å². The first-order chi connectivity index (χ1) is 11.2. The van der Waals surface area contributed by atoms with E-state index >= 15 is 0 Å². The second-order valence-corrected chi connectivity index (χ2v) is 6.33. The Labute approximate surface area is 145 Å². The van der Waals surface area contributed by atoms with Gasteiger partial charge in [-0.1, -0.05) is 52.7 Å². The maximum Gasteiger partial charge on any atom is 0.333 e. The highest BCUT2D eigenvalue weighted by atomic mass is 16.6. The predicted molar refractivity (Wildman–Crippen MR) is 94.8 cm³/mol. The lowest BCUT2D eigenvalue weighted by Crippen LogP contribution is -2.27. The molecule has 5 nitrogen and oxygen atoms in total. The Hall–Kier alpha value is -1.62. The van der Waals surface area contributed by atoms with Crippen LogP contribution in [0.2, 0.25) is 0 Å². The summed E-state index contributed by atoms with van der Waals surface area (Å²) in [5.41, 5.74) is 0.636. The molecule has 24 heavy (non-hydrogen) atoms. The van der Waals surface area contributed by atoms with Crippen molar-refractivity contribution < 1.29 is 24.2 Å². The first-order valence-electron chi connectivity index (χ1n) is 8.59. The topological polar surface area (TPSA) is 76.1 Å². The van der Waals surface area contributed by atoms with Gasteiger partial charge in [0.05, 0.1) is 6.61 Å². The van der Waals surface area contributed by atoms with Crippen LogP contribution < -0.4 is 0 Å². The fourth-order valence-corrected chi connectivity index (χ4v) is 2.09. The number of rotatable bonds is 10. The van der Waals surface area contributed by atoms with E-state index in [-0.39, 0.29) is 23.8 Å². The molecule has 0 amide bonds. The summed E-state index contributed by atoms with van der Waals surface area (Å²) in [6.07, 6.45) is 5.74. The van der Waals surface area contributed by atoms with Gasteiger partial charge in [0, 0.05) is 11.1 Å². The number of carbonyl (C=O) groups is 2. The van der Waals surface area contributed by atoms with Crippen LogP contribution >= 0.6 is 0 Å². The average molecular weight is 340 g/mol. The van der Waals surface area contributed by atoms with Crippen LogP contribution in [0.25, 0.3) is 0 Å². The molecule has 0 bridgehead atoms. The molecule has 1 aliphatic rings. The second-order valence-electron chi connectivity index (χ2n) is 6.33. The smallest absolute Gasteiger partial charge is 0.333 e. The van der Waals surface area contributed by atoms with Crippen molar-refractivity contribution in [3.8, 4) is 0 Å². The quantitative estimate of drug-likeness (QED) is 0.368. The molecule has 138 valence electrons. The molecular weight excluding hydrogens is 308 g/mol. The molecule has 5 heteroatoms. The zero-order valence-corrected chi connectivity index (χ0v) is 15.5. The highest BCUT2D eigenvalue weighted by Crippen LogP contribution is 2.27. The fourth-order valence-electron chi connectivity index (χ4n) is 2.09. The van der Waals surface area contributed by atoms with Crippen molar-refractivity contribution in [3.05, 3.63) is 24.3 Å². The Bertz CT molecular complexity index is 425. The number of carboxylic acids is 1. The first-order valence-corrected chi connectivity index (χ1v) is 8.59. The van der Waals surface area contributed by atoms with Crippen LogP contribution in [0.1, 0.15) is 59.8 Å². The second kappa shape index (κ2) is 11.8. The predicted octanol–water partition coefficient (Wildman–Crippen LogP) is 4.13. The lowest BCUT2D eigenvalue weighted by Gasteiger charge is -2.21. The molecular formula is C19H32O5. The zero-order chi connectivity index (χ0) is 18.7. The highest BCUT2D eigenvalue weighted by Gasteiger charge is 2.36. The first kappa shape index (κ1) is 22.4. The summed E-state index contributed by atoms with van der Waals surface area (Å²) < 4.78 is 10.8. The third-order valence-electron chi connectivity index (χ3n) is 3.85. The van der Waals surface area contributed by atoms with Crippen molar-refractivity contribution in [1.82, 2.24) is 0 Å². The summed E-state index contributed by atoms with van der Waals surface area (Å²) in [5.74, 6) is -0.604. The van der Waals surface area contributed by atoms with Crippen LogP contribution in [-0.4, -0.2) is 35.9 Å². The molecule has 1 N–H and O–H groups in total. The standard InChI is InChI=1S/C15H26O3.C4H6O2/c1-5-7-8-12(6-2)9-13(14-10-17-14)18-15(16)11(3)4;1-3(2)4(5)6/h12-14H,3,5-10H2,1-2,4H3;1H2,2H3,(H,5,6). The van der Waals surface area contributed by atoms with Crippen molar-refractivity contribution in [2.45, 2.75) is 72.0 Å². The molecule has 1 aliphatic heterocycles. The molecule has 3 unspecified atom stereocenters. The number of hydrogen-bond acceptors (Lipinski definition) is 4. The van der Waals surface area contributed by atoms with Gasteiger partial charge in [0.15, 0.2) is 0 Å². The molecule has 0 aromatic carbocycles. The fraction of sp³-hybridized carbons (Fsp3) is 0.684. The number of unbranched alkanes of at least 4 members (excludes halogenated alkanes) is 1. The number of aliphatic carboxylic acids is 1. The van der Waals surface area contributed by atoms with Gasteiger partial charge in [-0.05, 0) is 26.2 Å². The summed E-state index contributed by atoms with van der Waals surface area (Å²) in [6, 6.07) is 0. The molecule has 1 saturated heterocycles. The van der Waals surface area contributed by atoms with Crippen molar-refractivity contribution in [2.75, 3.05) is 6.61 Å². The van der Waals surface area contributed by atoms with Crippen molar-refractivity contribution in [3.63, 3.8) is 0 Å². The SMILES string of the molecule is C=C(C)C(=O)O.C=C(C)C(=O)OC(CC(CC)CCCC)C1CO1. The van der Waals surface area contributed by atoms with Gasteiger partial charge >= 0.3 is 11.9 Å². The minimum Gasteiger partial charge on any atom is -0.478 e. The maximum atomic E-state index is 11.6. The Morgan fingerprint density at radius 2 is 1.79 bits per heavy atom. The third kappa shape index (κ3) is 10.2. The molecule has 3 atom stereocenters. The summed E-state index contributed by atoms with van der Waals surface area (Å²) in [5, 5.41) is 7.89. The van der Waals surface area contributed by atoms with Crippen LogP contribution in [0.3, 0.4) is 0 Å². The van der Waals surface area contributed by atoms with E-state index in [0.717, 1.165) is 19.4 Å². The lowest BCUT2D eigenvalue weighted by molar-refractivity contribution is -0.146. The number of ether oxygens (including phenoxy) is 2. The van der Waals surface area contributed by atoms with E-state index in [9.17, 15) is 9.59 Å². The van der Waals surface area contributed by atoms with E-state index < -0.39 is 5.97 Å². The van der Waals surface area contributed by atoms with E-state index in [4.69, 9.17) is 14.6 Å².